The Bertz CT molecular complexity index is 440. The van der Waals surface area contributed by atoms with E-state index in [1.807, 2.05) is 18.2 Å². The van der Waals surface area contributed by atoms with Crippen molar-refractivity contribution in [2.24, 2.45) is 5.92 Å². The molecule has 4 heteroatoms. The highest BCUT2D eigenvalue weighted by atomic mass is 16.7. The van der Waals surface area contributed by atoms with E-state index in [0.717, 1.165) is 24.3 Å². The Morgan fingerprint density at radius 3 is 2.81 bits per heavy atom. The van der Waals surface area contributed by atoms with Gasteiger partial charge in [0.1, 0.15) is 0 Å². The predicted molar refractivity (Wildman–Crippen MR) is 58.7 cm³/mol. The number of fused-ring (bicyclic) bond motifs is 1. The molecule has 0 saturated heterocycles. The highest BCUT2D eigenvalue weighted by Gasteiger charge is 2.32. The van der Waals surface area contributed by atoms with Gasteiger partial charge in [0.15, 0.2) is 11.5 Å². The maximum absolute atomic E-state index is 11.9. The first-order valence-electron chi connectivity index (χ1n) is 5.43. The number of nitrogens with zero attached hydrogens (tertiary/aromatic N) is 1. The maximum Gasteiger partial charge on any atom is 0.231 e. The first-order chi connectivity index (χ1) is 7.75. The second-order valence-electron chi connectivity index (χ2n) is 4.21. The highest BCUT2D eigenvalue weighted by Crippen LogP contribution is 2.37. The third kappa shape index (κ3) is 1.50. The van der Waals surface area contributed by atoms with Crippen molar-refractivity contribution in [1.82, 2.24) is 0 Å². The summed E-state index contributed by atoms with van der Waals surface area (Å²) in [5.41, 5.74) is 0.862. The first-order valence-corrected chi connectivity index (χ1v) is 5.43. The van der Waals surface area contributed by atoms with Gasteiger partial charge in [0, 0.05) is 24.7 Å². The topological polar surface area (TPSA) is 38.8 Å². The molecular weight excluding hydrogens is 206 g/mol. The lowest BCUT2D eigenvalue weighted by Crippen LogP contribution is -2.27. The second kappa shape index (κ2) is 3.40. The number of amides is 1. The number of carbonyl (C=O) groups is 1. The van der Waals surface area contributed by atoms with Gasteiger partial charge in [-0.25, -0.2) is 0 Å². The predicted octanol–water partition coefficient (Wildman–Crippen LogP) is 1.79. The van der Waals surface area contributed by atoms with Crippen LogP contribution in [0.3, 0.4) is 0 Å². The summed E-state index contributed by atoms with van der Waals surface area (Å²) < 4.78 is 10.5. The number of ether oxygens (including phenoxy) is 2. The Hall–Kier alpha value is -1.71. The van der Waals surface area contributed by atoms with Gasteiger partial charge in [-0.2, -0.15) is 0 Å². The van der Waals surface area contributed by atoms with Crippen LogP contribution in [0.4, 0.5) is 5.69 Å². The zero-order chi connectivity index (χ0) is 11.1. The summed E-state index contributed by atoms with van der Waals surface area (Å²) in [6.45, 7) is 0.263. The molecule has 0 unspecified atom stereocenters. The molecule has 16 heavy (non-hydrogen) atoms. The molecule has 0 spiro atoms. The SMILES string of the molecule is CN(C(=O)C1CC1)c1ccc2c(c1)OCO2. The molecule has 2 aliphatic rings. The van der Waals surface area contributed by atoms with Crippen molar-refractivity contribution in [2.45, 2.75) is 12.8 Å². The van der Waals surface area contributed by atoms with Crippen molar-refractivity contribution in [2.75, 3.05) is 18.7 Å². The van der Waals surface area contributed by atoms with Gasteiger partial charge in [0.25, 0.3) is 0 Å². The van der Waals surface area contributed by atoms with Gasteiger partial charge in [-0.1, -0.05) is 0 Å². The van der Waals surface area contributed by atoms with Crippen LogP contribution in [0.25, 0.3) is 0 Å². The third-order valence-electron chi connectivity index (χ3n) is 3.00. The Labute approximate surface area is 93.8 Å². The summed E-state index contributed by atoms with van der Waals surface area (Å²) >= 11 is 0. The van der Waals surface area contributed by atoms with E-state index in [4.69, 9.17) is 9.47 Å². The average molecular weight is 219 g/mol. The smallest absolute Gasteiger partial charge is 0.231 e. The molecule has 84 valence electrons. The van der Waals surface area contributed by atoms with Gasteiger partial charge in [-0.3, -0.25) is 4.79 Å². The Kier molecular flexibility index (Phi) is 2.02. The van der Waals surface area contributed by atoms with Gasteiger partial charge in [0.2, 0.25) is 12.7 Å². The van der Waals surface area contributed by atoms with E-state index < -0.39 is 0 Å². The van der Waals surface area contributed by atoms with Crippen LogP contribution in [0.5, 0.6) is 11.5 Å². The number of benzene rings is 1. The van der Waals surface area contributed by atoms with Crippen molar-refractivity contribution in [3.63, 3.8) is 0 Å². The number of hydrogen-bond donors (Lipinski definition) is 0. The van der Waals surface area contributed by atoms with E-state index in [2.05, 4.69) is 0 Å². The summed E-state index contributed by atoms with van der Waals surface area (Å²) in [4.78, 5) is 13.6. The number of anilines is 1. The van der Waals surface area contributed by atoms with Crippen molar-refractivity contribution >= 4 is 11.6 Å². The molecule has 1 saturated carbocycles. The largest absolute Gasteiger partial charge is 0.454 e. The number of hydrogen-bond acceptors (Lipinski definition) is 3. The summed E-state index contributed by atoms with van der Waals surface area (Å²) in [6.07, 6.45) is 2.04. The van der Waals surface area contributed by atoms with E-state index in [1.165, 1.54) is 0 Å². The quantitative estimate of drug-likeness (QED) is 0.761. The zero-order valence-electron chi connectivity index (χ0n) is 9.10. The van der Waals surface area contributed by atoms with Crippen LogP contribution >= 0.6 is 0 Å². The minimum atomic E-state index is 0.193. The first kappa shape index (κ1) is 9.51. The molecule has 1 heterocycles. The molecule has 1 amide bonds. The van der Waals surface area contributed by atoms with Gasteiger partial charge < -0.3 is 14.4 Å². The lowest BCUT2D eigenvalue weighted by Gasteiger charge is -2.17. The molecule has 1 aromatic carbocycles. The van der Waals surface area contributed by atoms with E-state index in [9.17, 15) is 4.79 Å². The fraction of sp³-hybridized carbons (Fsp3) is 0.417. The summed E-state index contributed by atoms with van der Waals surface area (Å²) in [5.74, 6) is 1.89. The molecule has 4 nitrogen and oxygen atoms in total. The molecule has 3 rings (SSSR count). The third-order valence-corrected chi connectivity index (χ3v) is 3.00. The molecule has 0 N–H and O–H groups in total. The second-order valence-corrected chi connectivity index (χ2v) is 4.21. The molecule has 0 bridgehead atoms. The number of carbonyl (C=O) groups excluding carboxylic acids is 1. The summed E-state index contributed by atoms with van der Waals surface area (Å²) in [7, 11) is 1.80. The van der Waals surface area contributed by atoms with E-state index in [0.29, 0.717) is 5.75 Å². The lowest BCUT2D eigenvalue weighted by atomic mass is 10.2. The minimum Gasteiger partial charge on any atom is -0.454 e. The molecule has 0 aromatic heterocycles. The fourth-order valence-corrected chi connectivity index (χ4v) is 1.83. The maximum atomic E-state index is 11.9. The molecule has 1 fully saturated rings. The minimum absolute atomic E-state index is 0.193. The van der Waals surface area contributed by atoms with Crippen molar-refractivity contribution in [3.05, 3.63) is 18.2 Å². The van der Waals surface area contributed by atoms with Crippen LogP contribution in [-0.2, 0) is 4.79 Å². The van der Waals surface area contributed by atoms with Crippen LogP contribution in [0.1, 0.15) is 12.8 Å². The fourth-order valence-electron chi connectivity index (χ4n) is 1.83. The molecule has 1 aliphatic heterocycles. The van der Waals surface area contributed by atoms with Gasteiger partial charge in [-0.15, -0.1) is 0 Å². The normalized spacial score (nSPS) is 17.3. The van der Waals surface area contributed by atoms with E-state index in [1.54, 1.807) is 11.9 Å². The Morgan fingerprint density at radius 2 is 2.06 bits per heavy atom. The van der Waals surface area contributed by atoms with Crippen molar-refractivity contribution < 1.29 is 14.3 Å². The average Bonchev–Trinajstić information content (AvgIpc) is 3.05. The molecular formula is C12H13NO3. The standard InChI is InChI=1S/C12H13NO3/c1-13(12(14)8-2-3-8)9-4-5-10-11(6-9)16-7-15-10/h4-6,8H,2-3,7H2,1H3. The van der Waals surface area contributed by atoms with Crippen LogP contribution in [0.15, 0.2) is 18.2 Å². The van der Waals surface area contributed by atoms with Crippen LogP contribution in [0, 0.1) is 5.92 Å². The lowest BCUT2D eigenvalue weighted by molar-refractivity contribution is -0.119. The Morgan fingerprint density at radius 1 is 1.31 bits per heavy atom. The van der Waals surface area contributed by atoms with Crippen LogP contribution in [0.2, 0.25) is 0 Å². The summed E-state index contributed by atoms with van der Waals surface area (Å²) in [6, 6.07) is 5.57. The Balaban J connectivity index is 1.85. The van der Waals surface area contributed by atoms with Gasteiger partial charge in [-0.05, 0) is 25.0 Å². The monoisotopic (exact) mass is 219 g/mol. The molecule has 1 aliphatic carbocycles. The highest BCUT2D eigenvalue weighted by molar-refractivity contribution is 5.96. The number of rotatable bonds is 2. The van der Waals surface area contributed by atoms with Gasteiger partial charge >= 0.3 is 0 Å². The van der Waals surface area contributed by atoms with Crippen molar-refractivity contribution in [3.8, 4) is 11.5 Å². The zero-order valence-corrected chi connectivity index (χ0v) is 9.10. The van der Waals surface area contributed by atoms with Crippen LogP contribution < -0.4 is 14.4 Å². The summed E-state index contributed by atoms with van der Waals surface area (Å²) in [5, 5.41) is 0. The molecule has 0 atom stereocenters. The molecule has 0 radical (unpaired) electrons. The van der Waals surface area contributed by atoms with E-state index in [-0.39, 0.29) is 18.6 Å². The van der Waals surface area contributed by atoms with Crippen LogP contribution in [-0.4, -0.2) is 19.7 Å². The van der Waals surface area contributed by atoms with Crippen molar-refractivity contribution in [1.29, 1.82) is 0 Å². The van der Waals surface area contributed by atoms with Gasteiger partial charge in [0.05, 0.1) is 0 Å². The molecule has 1 aromatic rings. The van der Waals surface area contributed by atoms with E-state index >= 15 is 0 Å².